The lowest BCUT2D eigenvalue weighted by atomic mass is 10.1. The SMILES string of the molecule is [O-][N+]1(c2cc3c(cn2)NCCC3)CCNCC1. The molecule has 3 rings (SSSR count). The van der Waals surface area contributed by atoms with Crippen molar-refractivity contribution in [1.29, 1.82) is 0 Å². The van der Waals surface area contributed by atoms with Crippen LogP contribution in [0, 0.1) is 5.21 Å². The number of hydrogen-bond acceptors (Lipinski definition) is 4. The zero-order valence-corrected chi connectivity index (χ0v) is 9.91. The van der Waals surface area contributed by atoms with Crippen LogP contribution < -0.4 is 15.3 Å². The summed E-state index contributed by atoms with van der Waals surface area (Å²) < 4.78 is -0.278. The highest BCUT2D eigenvalue weighted by Gasteiger charge is 2.26. The van der Waals surface area contributed by atoms with Gasteiger partial charge in [0.1, 0.15) is 0 Å². The summed E-state index contributed by atoms with van der Waals surface area (Å²) in [7, 11) is 0. The Bertz CT molecular complexity index is 415. The van der Waals surface area contributed by atoms with Crippen molar-refractivity contribution in [1.82, 2.24) is 14.9 Å². The molecule has 2 aliphatic heterocycles. The molecule has 92 valence electrons. The van der Waals surface area contributed by atoms with Crippen molar-refractivity contribution < 1.29 is 0 Å². The zero-order valence-electron chi connectivity index (χ0n) is 9.91. The van der Waals surface area contributed by atoms with E-state index in [0.29, 0.717) is 18.9 Å². The van der Waals surface area contributed by atoms with Crippen LogP contribution in [0.15, 0.2) is 12.3 Å². The molecule has 1 aromatic heterocycles. The van der Waals surface area contributed by atoms with Gasteiger partial charge in [-0.2, -0.15) is 0 Å². The molecule has 5 nitrogen and oxygen atoms in total. The van der Waals surface area contributed by atoms with Crippen molar-refractivity contribution >= 4 is 11.5 Å². The van der Waals surface area contributed by atoms with Crippen molar-refractivity contribution in [2.75, 3.05) is 38.0 Å². The average molecular weight is 234 g/mol. The summed E-state index contributed by atoms with van der Waals surface area (Å²) in [5.41, 5.74) is 2.34. The molecule has 17 heavy (non-hydrogen) atoms. The summed E-state index contributed by atoms with van der Waals surface area (Å²) in [4.78, 5) is 4.36. The first-order chi connectivity index (χ1) is 8.28. The van der Waals surface area contributed by atoms with E-state index in [1.807, 2.05) is 12.3 Å². The second kappa shape index (κ2) is 4.25. The van der Waals surface area contributed by atoms with Gasteiger partial charge in [-0.1, -0.05) is 0 Å². The molecule has 0 spiro atoms. The van der Waals surface area contributed by atoms with E-state index in [2.05, 4.69) is 15.6 Å². The smallest absolute Gasteiger partial charge is 0.227 e. The Morgan fingerprint density at radius 1 is 1.24 bits per heavy atom. The number of anilines is 1. The maximum Gasteiger partial charge on any atom is 0.227 e. The van der Waals surface area contributed by atoms with Crippen LogP contribution in [-0.4, -0.2) is 37.7 Å². The topological polar surface area (TPSA) is 60.0 Å². The molecule has 0 unspecified atom stereocenters. The van der Waals surface area contributed by atoms with Gasteiger partial charge in [0.25, 0.3) is 0 Å². The third-order valence-corrected chi connectivity index (χ3v) is 3.63. The number of pyridine rings is 1. The van der Waals surface area contributed by atoms with E-state index in [4.69, 9.17) is 0 Å². The molecule has 3 heterocycles. The molecule has 2 N–H and O–H groups in total. The minimum atomic E-state index is -0.278. The Balaban J connectivity index is 1.92. The summed E-state index contributed by atoms with van der Waals surface area (Å²) in [6.45, 7) is 3.73. The molecule has 0 aromatic carbocycles. The normalized spacial score (nSPS) is 22.6. The summed E-state index contributed by atoms with van der Waals surface area (Å²) in [5, 5.41) is 19.2. The predicted octanol–water partition coefficient (Wildman–Crippen LogP) is 0.848. The first kappa shape index (κ1) is 11.0. The monoisotopic (exact) mass is 234 g/mol. The number of rotatable bonds is 1. The van der Waals surface area contributed by atoms with E-state index in [1.54, 1.807) is 0 Å². The number of quaternary nitrogens is 1. The lowest BCUT2D eigenvalue weighted by Gasteiger charge is -2.44. The van der Waals surface area contributed by atoms with Gasteiger partial charge in [-0.05, 0) is 18.4 Å². The molecule has 2 aliphatic rings. The summed E-state index contributed by atoms with van der Waals surface area (Å²) >= 11 is 0. The van der Waals surface area contributed by atoms with Gasteiger partial charge in [-0.25, -0.2) is 4.98 Å². The fourth-order valence-corrected chi connectivity index (χ4v) is 2.56. The number of nitrogens with zero attached hydrogens (tertiary/aromatic N) is 2. The third-order valence-electron chi connectivity index (χ3n) is 3.63. The number of fused-ring (bicyclic) bond motifs is 1. The van der Waals surface area contributed by atoms with Crippen LogP contribution in [0.4, 0.5) is 11.5 Å². The highest BCUT2D eigenvalue weighted by Crippen LogP contribution is 2.28. The van der Waals surface area contributed by atoms with Crippen LogP contribution in [0.2, 0.25) is 0 Å². The summed E-state index contributed by atoms with van der Waals surface area (Å²) in [6.07, 6.45) is 4.01. The molecule has 0 saturated carbocycles. The van der Waals surface area contributed by atoms with Crippen molar-refractivity contribution in [2.24, 2.45) is 0 Å². The van der Waals surface area contributed by atoms with Gasteiger partial charge in [0.15, 0.2) is 0 Å². The third kappa shape index (κ3) is 2.01. The van der Waals surface area contributed by atoms with Gasteiger partial charge >= 0.3 is 0 Å². The minimum absolute atomic E-state index is 0.278. The average Bonchev–Trinajstić information content (AvgIpc) is 2.39. The standard InChI is InChI=1S/C12H18N4O/c17-16(6-4-13-5-7-16)12-8-10-2-1-3-14-11(10)9-15-12/h8-9,13-14H,1-7H2. The number of aryl methyl sites for hydroxylation is 1. The van der Waals surface area contributed by atoms with Crippen LogP contribution in [0.5, 0.6) is 0 Å². The fourth-order valence-electron chi connectivity index (χ4n) is 2.56. The highest BCUT2D eigenvalue weighted by atomic mass is 16.5. The first-order valence-corrected chi connectivity index (χ1v) is 6.30. The largest absolute Gasteiger partial charge is 0.626 e. The fraction of sp³-hybridized carbons (Fsp3) is 0.583. The molecule has 1 fully saturated rings. The highest BCUT2D eigenvalue weighted by molar-refractivity contribution is 5.56. The zero-order chi connectivity index (χ0) is 11.7. The predicted molar refractivity (Wildman–Crippen MR) is 68.8 cm³/mol. The van der Waals surface area contributed by atoms with Gasteiger partial charge in [-0.3, -0.25) is 0 Å². The van der Waals surface area contributed by atoms with E-state index in [0.717, 1.165) is 38.2 Å². The number of aromatic nitrogens is 1. The number of nitrogens with one attached hydrogen (secondary N) is 2. The molecule has 0 amide bonds. The molecule has 0 aliphatic carbocycles. The number of piperazine rings is 1. The maximum atomic E-state index is 12.6. The lowest BCUT2D eigenvalue weighted by molar-refractivity contribution is 0.314. The Kier molecular flexibility index (Phi) is 2.74. The van der Waals surface area contributed by atoms with E-state index in [-0.39, 0.29) is 4.65 Å². The minimum Gasteiger partial charge on any atom is -0.626 e. The van der Waals surface area contributed by atoms with Crippen molar-refractivity contribution in [3.63, 3.8) is 0 Å². The lowest BCUT2D eigenvalue weighted by Crippen LogP contribution is -2.56. The Morgan fingerprint density at radius 2 is 2.06 bits per heavy atom. The quantitative estimate of drug-likeness (QED) is 0.558. The van der Waals surface area contributed by atoms with Gasteiger partial charge < -0.3 is 20.5 Å². The summed E-state index contributed by atoms with van der Waals surface area (Å²) in [5.74, 6) is 0.675. The van der Waals surface area contributed by atoms with Crippen molar-refractivity contribution in [3.05, 3.63) is 23.0 Å². The molecule has 5 heteroatoms. The van der Waals surface area contributed by atoms with Gasteiger partial charge in [0.2, 0.25) is 5.82 Å². The van der Waals surface area contributed by atoms with Crippen LogP contribution in [0.3, 0.4) is 0 Å². The maximum absolute atomic E-state index is 12.6. The summed E-state index contributed by atoms with van der Waals surface area (Å²) in [6, 6.07) is 2.00. The molecule has 1 aromatic rings. The van der Waals surface area contributed by atoms with E-state index in [9.17, 15) is 5.21 Å². The second-order valence-corrected chi connectivity index (χ2v) is 4.82. The Labute approximate surface area is 101 Å². The van der Waals surface area contributed by atoms with E-state index in [1.165, 1.54) is 5.56 Å². The van der Waals surface area contributed by atoms with E-state index >= 15 is 0 Å². The van der Waals surface area contributed by atoms with Gasteiger partial charge in [-0.15, -0.1) is 0 Å². The molecule has 1 saturated heterocycles. The first-order valence-electron chi connectivity index (χ1n) is 6.30. The van der Waals surface area contributed by atoms with Gasteiger partial charge in [0, 0.05) is 25.7 Å². The molecular formula is C12H18N4O. The van der Waals surface area contributed by atoms with Crippen molar-refractivity contribution in [2.45, 2.75) is 12.8 Å². The Hall–Kier alpha value is -1.17. The van der Waals surface area contributed by atoms with Crippen LogP contribution >= 0.6 is 0 Å². The van der Waals surface area contributed by atoms with E-state index < -0.39 is 0 Å². The number of hydroxylamine groups is 2. The number of hydrogen-bond donors (Lipinski definition) is 2. The van der Waals surface area contributed by atoms with Crippen LogP contribution in [0.25, 0.3) is 0 Å². The molecular weight excluding hydrogens is 216 g/mol. The Morgan fingerprint density at radius 3 is 2.88 bits per heavy atom. The van der Waals surface area contributed by atoms with Crippen molar-refractivity contribution in [3.8, 4) is 0 Å². The second-order valence-electron chi connectivity index (χ2n) is 4.82. The van der Waals surface area contributed by atoms with Crippen LogP contribution in [-0.2, 0) is 6.42 Å². The van der Waals surface area contributed by atoms with Gasteiger partial charge in [0.05, 0.1) is 25.0 Å². The molecule has 0 radical (unpaired) electrons. The molecule has 0 atom stereocenters. The van der Waals surface area contributed by atoms with Crippen LogP contribution in [0.1, 0.15) is 12.0 Å². The molecule has 0 bridgehead atoms.